The number of nitrogens with one attached hydrogen (secondary N) is 1. The van der Waals surface area contributed by atoms with Crippen LogP contribution in [0.4, 0.5) is 5.69 Å². The highest BCUT2D eigenvalue weighted by Gasteiger charge is 2.18. The van der Waals surface area contributed by atoms with Gasteiger partial charge < -0.3 is 11.1 Å². The van der Waals surface area contributed by atoms with E-state index in [2.05, 4.69) is 5.32 Å². The van der Waals surface area contributed by atoms with E-state index in [1.807, 2.05) is 13.8 Å². The van der Waals surface area contributed by atoms with Gasteiger partial charge in [0.15, 0.2) is 9.84 Å². The first kappa shape index (κ1) is 15.7. The number of carbonyl (C=O) groups excluding carboxylic acids is 1. The maximum Gasteiger partial charge on any atom is 0.241 e. The molecule has 106 valence electrons. The lowest BCUT2D eigenvalue weighted by Gasteiger charge is -2.17. The summed E-state index contributed by atoms with van der Waals surface area (Å²) in [7, 11) is -3.30. The molecule has 0 saturated heterocycles. The quantitative estimate of drug-likeness (QED) is 0.872. The average Bonchev–Trinajstić information content (AvgIpc) is 2.29. The van der Waals surface area contributed by atoms with Crippen LogP contribution < -0.4 is 11.1 Å². The van der Waals surface area contributed by atoms with Gasteiger partial charge in [-0.2, -0.15) is 0 Å². The van der Waals surface area contributed by atoms with E-state index in [9.17, 15) is 13.2 Å². The molecule has 0 radical (unpaired) electrons. The molecule has 3 N–H and O–H groups in total. The van der Waals surface area contributed by atoms with Crippen molar-refractivity contribution in [1.29, 1.82) is 0 Å². The van der Waals surface area contributed by atoms with Crippen LogP contribution in [-0.2, 0) is 14.6 Å². The maximum absolute atomic E-state index is 11.9. The van der Waals surface area contributed by atoms with Crippen molar-refractivity contribution in [3.05, 3.63) is 23.8 Å². The Balaban J connectivity index is 3.05. The average molecular weight is 284 g/mol. The van der Waals surface area contributed by atoms with Crippen LogP contribution in [0.5, 0.6) is 0 Å². The summed E-state index contributed by atoms with van der Waals surface area (Å²) in [4.78, 5) is 12.1. The molecular formula is C13H20N2O3S. The lowest BCUT2D eigenvalue weighted by molar-refractivity contribution is -0.118. The Morgan fingerprint density at radius 1 is 1.32 bits per heavy atom. The number of hydrogen-bond acceptors (Lipinski definition) is 4. The summed E-state index contributed by atoms with van der Waals surface area (Å²) in [5.74, 6) is -0.304. The van der Waals surface area contributed by atoms with E-state index in [1.165, 1.54) is 12.1 Å². The van der Waals surface area contributed by atoms with Crippen molar-refractivity contribution in [3.8, 4) is 0 Å². The molecular weight excluding hydrogens is 264 g/mol. The molecule has 1 amide bonds. The Morgan fingerprint density at radius 3 is 2.37 bits per heavy atom. The van der Waals surface area contributed by atoms with Crippen molar-refractivity contribution < 1.29 is 13.2 Å². The fourth-order valence-corrected chi connectivity index (χ4v) is 2.13. The van der Waals surface area contributed by atoms with Crippen LogP contribution in [0.1, 0.15) is 19.4 Å². The molecule has 5 nitrogen and oxygen atoms in total. The number of benzene rings is 1. The minimum Gasteiger partial charge on any atom is -0.324 e. The first-order chi connectivity index (χ1) is 8.62. The van der Waals surface area contributed by atoms with Crippen molar-refractivity contribution in [3.63, 3.8) is 0 Å². The second-order valence-electron chi connectivity index (χ2n) is 5.01. The Hall–Kier alpha value is -1.40. The van der Waals surface area contributed by atoms with E-state index < -0.39 is 15.9 Å². The van der Waals surface area contributed by atoms with Crippen molar-refractivity contribution in [2.24, 2.45) is 11.7 Å². The number of anilines is 1. The van der Waals surface area contributed by atoms with Gasteiger partial charge in [-0.15, -0.1) is 0 Å². The summed E-state index contributed by atoms with van der Waals surface area (Å²) in [6.07, 6.45) is 1.13. The number of aryl methyl sites for hydroxylation is 1. The third-order valence-corrected chi connectivity index (χ3v) is 4.03. The van der Waals surface area contributed by atoms with Gasteiger partial charge in [0.1, 0.15) is 0 Å². The number of rotatable bonds is 4. The second-order valence-corrected chi connectivity index (χ2v) is 7.02. The number of amides is 1. The monoisotopic (exact) mass is 284 g/mol. The van der Waals surface area contributed by atoms with Crippen molar-refractivity contribution in [1.82, 2.24) is 0 Å². The fraction of sp³-hybridized carbons (Fsp3) is 0.462. The van der Waals surface area contributed by atoms with Crippen molar-refractivity contribution in [2.45, 2.75) is 31.7 Å². The van der Waals surface area contributed by atoms with Gasteiger partial charge in [-0.1, -0.05) is 19.9 Å². The Bertz CT molecular complexity index is 580. The van der Waals surface area contributed by atoms with Crippen LogP contribution in [-0.4, -0.2) is 26.6 Å². The van der Waals surface area contributed by atoms with Gasteiger partial charge in [0.25, 0.3) is 0 Å². The smallest absolute Gasteiger partial charge is 0.241 e. The number of hydrogen-bond donors (Lipinski definition) is 2. The molecule has 1 atom stereocenters. The zero-order chi connectivity index (χ0) is 14.8. The zero-order valence-electron chi connectivity index (χ0n) is 11.6. The van der Waals surface area contributed by atoms with Gasteiger partial charge in [-0.3, -0.25) is 4.79 Å². The SMILES string of the molecule is Cc1ccc(S(C)(=O)=O)cc1NC(=O)[C@H](N)C(C)C. The normalized spacial score (nSPS) is 13.4. The third kappa shape index (κ3) is 4.04. The highest BCUT2D eigenvalue weighted by molar-refractivity contribution is 7.90. The van der Waals surface area contributed by atoms with Gasteiger partial charge in [-0.05, 0) is 30.5 Å². The standard InChI is InChI=1S/C13H20N2O3S/c1-8(2)12(14)13(16)15-11-7-10(19(4,17)18)6-5-9(11)3/h5-8,12H,14H2,1-4H3,(H,15,16)/t12-/m1/s1. The predicted octanol–water partition coefficient (Wildman–Crippen LogP) is 1.32. The van der Waals surface area contributed by atoms with Crippen LogP contribution in [0, 0.1) is 12.8 Å². The van der Waals surface area contributed by atoms with Crippen molar-refractivity contribution in [2.75, 3.05) is 11.6 Å². The van der Waals surface area contributed by atoms with E-state index in [-0.39, 0.29) is 16.7 Å². The van der Waals surface area contributed by atoms with Gasteiger partial charge in [-0.25, -0.2) is 8.42 Å². The lowest BCUT2D eigenvalue weighted by atomic mass is 10.0. The van der Waals surface area contributed by atoms with Crippen LogP contribution in [0.3, 0.4) is 0 Å². The summed E-state index contributed by atoms with van der Waals surface area (Å²) in [6, 6.07) is 4.01. The topological polar surface area (TPSA) is 89.3 Å². The first-order valence-electron chi connectivity index (χ1n) is 6.00. The molecule has 0 bridgehead atoms. The minimum atomic E-state index is -3.30. The van der Waals surface area contributed by atoms with Gasteiger partial charge in [0, 0.05) is 11.9 Å². The van der Waals surface area contributed by atoms with E-state index >= 15 is 0 Å². The molecule has 0 spiro atoms. The summed E-state index contributed by atoms with van der Waals surface area (Å²) in [6.45, 7) is 5.50. The van der Waals surface area contributed by atoms with E-state index in [4.69, 9.17) is 5.73 Å². The van der Waals surface area contributed by atoms with Crippen LogP contribution in [0.25, 0.3) is 0 Å². The van der Waals surface area contributed by atoms with E-state index in [1.54, 1.807) is 13.0 Å². The molecule has 0 aliphatic heterocycles. The second kappa shape index (κ2) is 5.71. The third-order valence-electron chi connectivity index (χ3n) is 2.92. The van der Waals surface area contributed by atoms with Gasteiger partial charge in [0.05, 0.1) is 10.9 Å². The Labute approximate surface area is 114 Å². The van der Waals surface area contributed by atoms with Crippen LogP contribution >= 0.6 is 0 Å². The maximum atomic E-state index is 11.9. The zero-order valence-corrected chi connectivity index (χ0v) is 12.4. The Kier molecular flexibility index (Phi) is 4.70. The van der Waals surface area contributed by atoms with E-state index in [0.29, 0.717) is 5.69 Å². The van der Waals surface area contributed by atoms with E-state index in [0.717, 1.165) is 11.8 Å². The number of carbonyl (C=O) groups is 1. The molecule has 19 heavy (non-hydrogen) atoms. The Morgan fingerprint density at radius 2 is 1.89 bits per heavy atom. The molecule has 0 saturated carbocycles. The highest BCUT2D eigenvalue weighted by atomic mass is 32.2. The molecule has 0 aliphatic rings. The van der Waals surface area contributed by atoms with Crippen molar-refractivity contribution >= 4 is 21.4 Å². The first-order valence-corrected chi connectivity index (χ1v) is 7.89. The van der Waals surface area contributed by atoms with Gasteiger partial charge >= 0.3 is 0 Å². The van der Waals surface area contributed by atoms with Gasteiger partial charge in [0.2, 0.25) is 5.91 Å². The lowest BCUT2D eigenvalue weighted by Crippen LogP contribution is -2.39. The highest BCUT2D eigenvalue weighted by Crippen LogP contribution is 2.20. The molecule has 0 heterocycles. The fourth-order valence-electron chi connectivity index (χ4n) is 1.49. The number of sulfone groups is 1. The van der Waals surface area contributed by atoms with Crippen LogP contribution in [0.2, 0.25) is 0 Å². The molecule has 0 fully saturated rings. The largest absolute Gasteiger partial charge is 0.324 e. The molecule has 1 aromatic carbocycles. The minimum absolute atomic E-state index is 0.0124. The number of nitrogens with two attached hydrogens (primary N) is 1. The molecule has 1 aromatic rings. The summed E-state index contributed by atoms with van der Waals surface area (Å²) < 4.78 is 23.0. The molecule has 6 heteroatoms. The molecule has 0 aliphatic carbocycles. The molecule has 0 unspecified atom stereocenters. The predicted molar refractivity (Wildman–Crippen MR) is 75.7 cm³/mol. The molecule has 0 aromatic heterocycles. The summed E-state index contributed by atoms with van der Waals surface area (Å²) in [5.41, 5.74) is 7.02. The molecule has 1 rings (SSSR count). The summed E-state index contributed by atoms with van der Waals surface area (Å²) >= 11 is 0. The van der Waals surface area contributed by atoms with Crippen LogP contribution in [0.15, 0.2) is 23.1 Å². The summed E-state index contributed by atoms with van der Waals surface area (Å²) in [5, 5.41) is 2.68.